The highest BCUT2D eigenvalue weighted by atomic mass is 17.1. The second-order valence-corrected chi connectivity index (χ2v) is 2.51. The summed E-state index contributed by atoms with van der Waals surface area (Å²) < 4.78 is 5.28. The molecule has 0 heterocycles. The maximum atomic E-state index is 7.97. The summed E-state index contributed by atoms with van der Waals surface area (Å²) in [6.45, 7) is 4.19. The first-order valence-electron chi connectivity index (χ1n) is 4.26. The molecule has 3 nitrogen and oxygen atoms in total. The van der Waals surface area contributed by atoms with Gasteiger partial charge in [-0.1, -0.05) is 13.3 Å². The van der Waals surface area contributed by atoms with Gasteiger partial charge in [-0.3, -0.25) is 5.26 Å². The average molecular weight is 162 g/mol. The van der Waals surface area contributed by atoms with Crippen molar-refractivity contribution >= 4 is 0 Å². The van der Waals surface area contributed by atoms with Gasteiger partial charge in [0.2, 0.25) is 0 Å². The zero-order valence-corrected chi connectivity index (χ0v) is 7.21. The fourth-order valence-electron chi connectivity index (χ4n) is 0.719. The van der Waals surface area contributed by atoms with E-state index in [4.69, 9.17) is 9.99 Å². The van der Waals surface area contributed by atoms with Gasteiger partial charge in [-0.15, -0.1) is 0 Å². The van der Waals surface area contributed by atoms with E-state index in [2.05, 4.69) is 11.8 Å². The van der Waals surface area contributed by atoms with Crippen LogP contribution in [0.1, 0.15) is 32.6 Å². The van der Waals surface area contributed by atoms with Crippen LogP contribution in [0.2, 0.25) is 0 Å². The summed E-state index contributed by atoms with van der Waals surface area (Å²) in [6, 6.07) is 0. The van der Waals surface area contributed by atoms with Gasteiger partial charge < -0.3 is 4.74 Å². The highest BCUT2D eigenvalue weighted by Crippen LogP contribution is 1.92. The Bertz CT molecular complexity index is 58.4. The summed E-state index contributed by atoms with van der Waals surface area (Å²) >= 11 is 0. The van der Waals surface area contributed by atoms with Gasteiger partial charge in [-0.25, -0.2) is 4.89 Å². The van der Waals surface area contributed by atoms with Crippen molar-refractivity contribution in [3.05, 3.63) is 0 Å². The molecular weight excluding hydrogens is 144 g/mol. The van der Waals surface area contributed by atoms with E-state index in [1.807, 2.05) is 0 Å². The van der Waals surface area contributed by atoms with Crippen LogP contribution in [0.4, 0.5) is 0 Å². The van der Waals surface area contributed by atoms with Gasteiger partial charge in [-0.05, 0) is 19.3 Å². The normalized spacial score (nSPS) is 10.4. The largest absolute Gasteiger partial charge is 0.381 e. The SMILES string of the molecule is CCCCOCCCCOO. The smallest absolute Gasteiger partial charge is 0.0820 e. The van der Waals surface area contributed by atoms with Crippen LogP contribution in [0.15, 0.2) is 0 Å². The number of ether oxygens (including phenoxy) is 1. The Morgan fingerprint density at radius 3 is 2.27 bits per heavy atom. The molecule has 0 rings (SSSR count). The molecule has 0 aliphatic heterocycles. The van der Waals surface area contributed by atoms with Gasteiger partial charge >= 0.3 is 0 Å². The topological polar surface area (TPSA) is 38.7 Å². The fourth-order valence-corrected chi connectivity index (χ4v) is 0.719. The molecule has 68 valence electrons. The first-order valence-corrected chi connectivity index (χ1v) is 4.26. The molecule has 0 aliphatic carbocycles. The third-order valence-corrected chi connectivity index (χ3v) is 1.42. The van der Waals surface area contributed by atoms with Gasteiger partial charge in [0.1, 0.15) is 0 Å². The van der Waals surface area contributed by atoms with Crippen molar-refractivity contribution < 1.29 is 14.9 Å². The van der Waals surface area contributed by atoms with E-state index in [0.717, 1.165) is 32.5 Å². The van der Waals surface area contributed by atoms with Crippen molar-refractivity contribution in [1.29, 1.82) is 0 Å². The first-order chi connectivity index (χ1) is 5.41. The van der Waals surface area contributed by atoms with E-state index in [-0.39, 0.29) is 0 Å². The van der Waals surface area contributed by atoms with Crippen LogP contribution in [0, 0.1) is 0 Å². The van der Waals surface area contributed by atoms with Crippen LogP contribution in [-0.4, -0.2) is 25.1 Å². The molecule has 0 atom stereocenters. The van der Waals surface area contributed by atoms with Gasteiger partial charge in [0, 0.05) is 13.2 Å². The standard InChI is InChI=1S/C8H18O3/c1-2-3-6-10-7-4-5-8-11-9/h9H,2-8H2,1H3. The Hall–Kier alpha value is -0.120. The molecule has 0 fully saturated rings. The second kappa shape index (κ2) is 9.88. The summed E-state index contributed by atoms with van der Waals surface area (Å²) in [5, 5.41) is 7.97. The van der Waals surface area contributed by atoms with Crippen LogP contribution >= 0.6 is 0 Å². The molecule has 0 amide bonds. The predicted molar refractivity (Wildman–Crippen MR) is 43.5 cm³/mol. The lowest BCUT2D eigenvalue weighted by atomic mass is 10.3. The lowest BCUT2D eigenvalue weighted by Crippen LogP contribution is -1.98. The van der Waals surface area contributed by atoms with Crippen molar-refractivity contribution in [1.82, 2.24) is 0 Å². The Kier molecular flexibility index (Phi) is 9.77. The Morgan fingerprint density at radius 2 is 1.64 bits per heavy atom. The zero-order valence-electron chi connectivity index (χ0n) is 7.21. The van der Waals surface area contributed by atoms with E-state index in [0.29, 0.717) is 6.61 Å². The highest BCUT2D eigenvalue weighted by Gasteiger charge is 1.88. The van der Waals surface area contributed by atoms with E-state index < -0.39 is 0 Å². The molecule has 1 N–H and O–H groups in total. The zero-order chi connectivity index (χ0) is 8.36. The molecule has 0 aliphatic rings. The summed E-state index contributed by atoms with van der Waals surface area (Å²) in [7, 11) is 0. The first kappa shape index (κ1) is 10.9. The molecular formula is C8H18O3. The predicted octanol–water partition coefficient (Wildman–Crippen LogP) is 2.07. The monoisotopic (exact) mass is 162 g/mol. The molecule has 0 aromatic rings. The van der Waals surface area contributed by atoms with E-state index in [1.54, 1.807) is 0 Å². The summed E-state index contributed by atoms with van der Waals surface area (Å²) in [4.78, 5) is 3.91. The molecule has 3 heteroatoms. The van der Waals surface area contributed by atoms with Crippen molar-refractivity contribution in [2.45, 2.75) is 32.6 Å². The molecule has 0 bridgehead atoms. The molecule has 0 radical (unpaired) electrons. The average Bonchev–Trinajstić information content (AvgIpc) is 2.03. The summed E-state index contributed by atoms with van der Waals surface area (Å²) in [5.74, 6) is 0. The van der Waals surface area contributed by atoms with Crippen LogP contribution in [0.5, 0.6) is 0 Å². The molecule has 0 aromatic carbocycles. The van der Waals surface area contributed by atoms with Crippen molar-refractivity contribution in [3.63, 3.8) is 0 Å². The van der Waals surface area contributed by atoms with E-state index >= 15 is 0 Å². The fraction of sp³-hybridized carbons (Fsp3) is 1.00. The molecule has 0 unspecified atom stereocenters. The summed E-state index contributed by atoms with van der Waals surface area (Å²) in [5.41, 5.74) is 0. The van der Waals surface area contributed by atoms with E-state index in [9.17, 15) is 0 Å². The molecule has 0 saturated heterocycles. The number of hydrogen-bond acceptors (Lipinski definition) is 3. The third kappa shape index (κ3) is 9.88. The van der Waals surface area contributed by atoms with Gasteiger partial charge in [0.15, 0.2) is 0 Å². The summed E-state index contributed by atoms with van der Waals surface area (Å²) in [6.07, 6.45) is 4.14. The molecule has 0 aromatic heterocycles. The minimum Gasteiger partial charge on any atom is -0.381 e. The second-order valence-electron chi connectivity index (χ2n) is 2.51. The Labute approximate surface area is 68.2 Å². The van der Waals surface area contributed by atoms with Crippen molar-refractivity contribution in [3.8, 4) is 0 Å². The lowest BCUT2D eigenvalue weighted by molar-refractivity contribution is -0.243. The minimum absolute atomic E-state index is 0.414. The maximum absolute atomic E-state index is 7.97. The maximum Gasteiger partial charge on any atom is 0.0820 e. The van der Waals surface area contributed by atoms with Crippen LogP contribution in [0.3, 0.4) is 0 Å². The highest BCUT2D eigenvalue weighted by molar-refractivity contribution is 4.37. The molecule has 0 saturated carbocycles. The quantitative estimate of drug-likeness (QED) is 0.337. The van der Waals surface area contributed by atoms with Crippen molar-refractivity contribution in [2.75, 3.05) is 19.8 Å². The van der Waals surface area contributed by atoms with Gasteiger partial charge in [0.25, 0.3) is 0 Å². The number of hydrogen-bond donors (Lipinski definition) is 1. The molecule has 11 heavy (non-hydrogen) atoms. The van der Waals surface area contributed by atoms with Gasteiger partial charge in [0.05, 0.1) is 6.61 Å². The van der Waals surface area contributed by atoms with Crippen LogP contribution in [-0.2, 0) is 9.62 Å². The molecule has 0 spiro atoms. The van der Waals surface area contributed by atoms with Gasteiger partial charge in [-0.2, -0.15) is 0 Å². The van der Waals surface area contributed by atoms with Crippen molar-refractivity contribution in [2.24, 2.45) is 0 Å². The van der Waals surface area contributed by atoms with Crippen LogP contribution < -0.4 is 0 Å². The Morgan fingerprint density at radius 1 is 1.00 bits per heavy atom. The lowest BCUT2D eigenvalue weighted by Gasteiger charge is -2.01. The number of unbranched alkanes of at least 4 members (excludes halogenated alkanes) is 2. The minimum atomic E-state index is 0.414. The van der Waals surface area contributed by atoms with Crippen LogP contribution in [0.25, 0.3) is 0 Å². The Balaban J connectivity index is 2.69. The number of rotatable bonds is 8. The van der Waals surface area contributed by atoms with E-state index in [1.165, 1.54) is 6.42 Å². The third-order valence-electron chi connectivity index (χ3n) is 1.42.